The van der Waals surface area contributed by atoms with Gasteiger partial charge in [-0.2, -0.15) is 0 Å². The van der Waals surface area contributed by atoms with E-state index in [0.29, 0.717) is 5.56 Å². The van der Waals surface area contributed by atoms with E-state index in [1.54, 1.807) is 18.6 Å². The second-order valence-electron chi connectivity index (χ2n) is 6.56. The number of piperidine rings is 1. The maximum atomic E-state index is 12.4. The molecular weight excluding hydrogens is 300 g/mol. The summed E-state index contributed by atoms with van der Waals surface area (Å²) in [6.07, 6.45) is 7.56. The number of rotatable bonds is 4. The molecule has 1 saturated heterocycles. The number of nitrogens with zero attached hydrogens (tertiary/aromatic N) is 3. The molecule has 0 bridgehead atoms. The summed E-state index contributed by atoms with van der Waals surface area (Å²) in [5.74, 6) is 1.64. The standard InChI is InChI=1S/C19H24N4O/c1-14-7-10-23(11-8-14)18-6-5-17(13-21-18)19(24)22-15(2)16-4-3-9-20-12-16/h3-6,9,12-15H,7-8,10-11H2,1-2H3,(H,22,24)/t15-/m0/s1. The number of amides is 1. The summed E-state index contributed by atoms with van der Waals surface area (Å²) in [6, 6.07) is 7.53. The molecule has 1 N–H and O–H groups in total. The van der Waals surface area contributed by atoms with Crippen molar-refractivity contribution in [2.45, 2.75) is 32.7 Å². The van der Waals surface area contributed by atoms with Gasteiger partial charge in [-0.3, -0.25) is 9.78 Å². The maximum Gasteiger partial charge on any atom is 0.253 e. The first-order valence-corrected chi connectivity index (χ1v) is 8.55. The fraction of sp³-hybridized carbons (Fsp3) is 0.421. The van der Waals surface area contributed by atoms with E-state index >= 15 is 0 Å². The number of aromatic nitrogens is 2. The predicted molar refractivity (Wildman–Crippen MR) is 95.0 cm³/mol. The molecule has 2 aromatic heterocycles. The summed E-state index contributed by atoms with van der Waals surface area (Å²) in [6.45, 7) is 6.32. The first kappa shape index (κ1) is 16.4. The van der Waals surface area contributed by atoms with Crippen molar-refractivity contribution in [1.29, 1.82) is 0 Å². The highest BCUT2D eigenvalue weighted by atomic mass is 16.1. The van der Waals surface area contributed by atoms with E-state index in [1.807, 2.05) is 31.2 Å². The SMILES string of the molecule is CC1CCN(c2ccc(C(=O)N[C@@H](C)c3cccnc3)cn2)CC1. The highest BCUT2D eigenvalue weighted by molar-refractivity contribution is 5.94. The van der Waals surface area contributed by atoms with E-state index in [1.165, 1.54) is 12.8 Å². The summed E-state index contributed by atoms with van der Waals surface area (Å²) in [5, 5.41) is 2.98. The third kappa shape index (κ3) is 3.91. The van der Waals surface area contributed by atoms with Crippen LogP contribution in [0.3, 0.4) is 0 Å². The van der Waals surface area contributed by atoms with Gasteiger partial charge in [-0.05, 0) is 49.4 Å². The van der Waals surface area contributed by atoms with Gasteiger partial charge in [0.2, 0.25) is 0 Å². The Kier molecular flexibility index (Phi) is 5.08. The van der Waals surface area contributed by atoms with E-state index in [0.717, 1.165) is 30.4 Å². The Morgan fingerprint density at radius 1 is 1.25 bits per heavy atom. The Bertz CT molecular complexity index is 664. The van der Waals surface area contributed by atoms with Gasteiger partial charge in [0.05, 0.1) is 11.6 Å². The second kappa shape index (κ2) is 7.43. The van der Waals surface area contributed by atoms with Crippen molar-refractivity contribution in [3.05, 3.63) is 54.0 Å². The maximum absolute atomic E-state index is 12.4. The molecule has 0 radical (unpaired) electrons. The first-order valence-electron chi connectivity index (χ1n) is 8.55. The Balaban J connectivity index is 1.61. The molecule has 1 aliphatic heterocycles. The van der Waals surface area contributed by atoms with Gasteiger partial charge in [-0.15, -0.1) is 0 Å². The van der Waals surface area contributed by atoms with Gasteiger partial charge in [0.25, 0.3) is 5.91 Å². The van der Waals surface area contributed by atoms with E-state index in [4.69, 9.17) is 0 Å². The van der Waals surface area contributed by atoms with Crippen LogP contribution >= 0.6 is 0 Å². The van der Waals surface area contributed by atoms with Crippen LogP contribution in [-0.4, -0.2) is 29.0 Å². The molecule has 5 heteroatoms. The minimum absolute atomic E-state index is 0.0885. The largest absolute Gasteiger partial charge is 0.357 e. The van der Waals surface area contributed by atoms with Gasteiger partial charge < -0.3 is 10.2 Å². The number of carbonyl (C=O) groups excluding carboxylic acids is 1. The zero-order valence-corrected chi connectivity index (χ0v) is 14.3. The van der Waals surface area contributed by atoms with Crippen LogP contribution in [0.4, 0.5) is 5.82 Å². The molecule has 5 nitrogen and oxygen atoms in total. The van der Waals surface area contributed by atoms with Gasteiger partial charge in [0.1, 0.15) is 5.82 Å². The lowest BCUT2D eigenvalue weighted by atomic mass is 9.99. The number of hydrogen-bond acceptors (Lipinski definition) is 4. The molecule has 0 saturated carbocycles. The number of nitrogens with one attached hydrogen (secondary N) is 1. The van der Waals surface area contributed by atoms with E-state index < -0.39 is 0 Å². The van der Waals surface area contributed by atoms with Gasteiger partial charge >= 0.3 is 0 Å². The monoisotopic (exact) mass is 324 g/mol. The minimum atomic E-state index is -0.113. The summed E-state index contributed by atoms with van der Waals surface area (Å²) in [7, 11) is 0. The van der Waals surface area contributed by atoms with Crippen LogP contribution in [0, 0.1) is 5.92 Å². The summed E-state index contributed by atoms with van der Waals surface area (Å²) >= 11 is 0. The Hall–Kier alpha value is -2.43. The van der Waals surface area contributed by atoms with Crippen molar-refractivity contribution in [3.8, 4) is 0 Å². The quantitative estimate of drug-likeness (QED) is 0.938. The summed E-state index contributed by atoms with van der Waals surface area (Å²) < 4.78 is 0. The molecule has 3 heterocycles. The van der Waals surface area contributed by atoms with E-state index in [9.17, 15) is 4.79 Å². The topological polar surface area (TPSA) is 58.1 Å². The van der Waals surface area contributed by atoms with Crippen molar-refractivity contribution in [2.24, 2.45) is 5.92 Å². The molecular formula is C19H24N4O. The van der Waals surface area contributed by atoms with Gasteiger partial charge in [-0.1, -0.05) is 13.0 Å². The third-order valence-corrected chi connectivity index (χ3v) is 4.65. The highest BCUT2D eigenvalue weighted by Crippen LogP contribution is 2.21. The Morgan fingerprint density at radius 3 is 2.67 bits per heavy atom. The molecule has 126 valence electrons. The lowest BCUT2D eigenvalue weighted by Gasteiger charge is -2.31. The fourth-order valence-corrected chi connectivity index (χ4v) is 2.94. The highest BCUT2D eigenvalue weighted by Gasteiger charge is 2.17. The molecule has 0 aliphatic carbocycles. The molecule has 1 aliphatic rings. The lowest BCUT2D eigenvalue weighted by molar-refractivity contribution is 0.0939. The molecule has 1 fully saturated rings. The van der Waals surface area contributed by atoms with Crippen molar-refractivity contribution in [1.82, 2.24) is 15.3 Å². The molecule has 0 unspecified atom stereocenters. The minimum Gasteiger partial charge on any atom is -0.357 e. The van der Waals surface area contributed by atoms with Crippen LogP contribution in [0.2, 0.25) is 0 Å². The molecule has 2 aromatic rings. The van der Waals surface area contributed by atoms with Crippen molar-refractivity contribution < 1.29 is 4.79 Å². The predicted octanol–water partition coefficient (Wildman–Crippen LogP) is 3.20. The first-order chi connectivity index (χ1) is 11.6. The lowest BCUT2D eigenvalue weighted by Crippen LogP contribution is -2.33. The second-order valence-corrected chi connectivity index (χ2v) is 6.56. The Morgan fingerprint density at radius 2 is 2.04 bits per heavy atom. The van der Waals surface area contributed by atoms with Crippen LogP contribution in [-0.2, 0) is 0 Å². The molecule has 24 heavy (non-hydrogen) atoms. The van der Waals surface area contributed by atoms with E-state index in [2.05, 4.69) is 27.1 Å². The van der Waals surface area contributed by atoms with Gasteiger partial charge in [0, 0.05) is 31.7 Å². The smallest absolute Gasteiger partial charge is 0.253 e. The number of pyridine rings is 2. The summed E-state index contributed by atoms with van der Waals surface area (Å²) in [4.78, 5) is 23.2. The van der Waals surface area contributed by atoms with Crippen molar-refractivity contribution in [3.63, 3.8) is 0 Å². The van der Waals surface area contributed by atoms with Crippen LogP contribution in [0.15, 0.2) is 42.9 Å². The van der Waals surface area contributed by atoms with Crippen LogP contribution in [0.25, 0.3) is 0 Å². The average Bonchev–Trinajstić information content (AvgIpc) is 2.63. The summed E-state index contributed by atoms with van der Waals surface area (Å²) in [5.41, 5.74) is 1.57. The average molecular weight is 324 g/mol. The molecule has 1 atom stereocenters. The van der Waals surface area contributed by atoms with E-state index in [-0.39, 0.29) is 11.9 Å². The molecule has 1 amide bonds. The third-order valence-electron chi connectivity index (χ3n) is 4.65. The number of hydrogen-bond donors (Lipinski definition) is 1. The van der Waals surface area contributed by atoms with Crippen molar-refractivity contribution in [2.75, 3.05) is 18.0 Å². The number of carbonyl (C=O) groups is 1. The van der Waals surface area contributed by atoms with Gasteiger partial charge in [0.15, 0.2) is 0 Å². The Labute approximate surface area is 143 Å². The molecule has 3 rings (SSSR count). The van der Waals surface area contributed by atoms with Crippen LogP contribution < -0.4 is 10.2 Å². The van der Waals surface area contributed by atoms with Crippen LogP contribution in [0.1, 0.15) is 48.7 Å². The normalized spacial score (nSPS) is 16.7. The van der Waals surface area contributed by atoms with Gasteiger partial charge in [-0.25, -0.2) is 4.98 Å². The molecule has 0 spiro atoms. The number of anilines is 1. The zero-order valence-electron chi connectivity index (χ0n) is 14.3. The fourth-order valence-electron chi connectivity index (χ4n) is 2.94. The van der Waals surface area contributed by atoms with Crippen LogP contribution in [0.5, 0.6) is 0 Å². The van der Waals surface area contributed by atoms with Crippen molar-refractivity contribution >= 4 is 11.7 Å². The molecule has 0 aromatic carbocycles. The zero-order chi connectivity index (χ0) is 16.9.